The molecule has 174 valence electrons. The van der Waals surface area contributed by atoms with Crippen molar-refractivity contribution in [1.82, 2.24) is 20.2 Å². The maximum Gasteiger partial charge on any atom is 0.292 e. The van der Waals surface area contributed by atoms with Crippen LogP contribution in [0.3, 0.4) is 0 Å². The van der Waals surface area contributed by atoms with Crippen LogP contribution in [-0.4, -0.2) is 26.9 Å². The van der Waals surface area contributed by atoms with Crippen LogP contribution >= 0.6 is 0 Å². The third-order valence-corrected chi connectivity index (χ3v) is 5.97. The first-order valence-electron chi connectivity index (χ1n) is 11.7. The Bertz CT molecular complexity index is 1600. The summed E-state index contributed by atoms with van der Waals surface area (Å²) in [5.74, 6) is -0.469. The van der Waals surface area contributed by atoms with Crippen molar-refractivity contribution in [3.63, 3.8) is 0 Å². The molecule has 0 aliphatic carbocycles. The van der Waals surface area contributed by atoms with Crippen molar-refractivity contribution in [2.24, 2.45) is 5.10 Å². The van der Waals surface area contributed by atoms with E-state index >= 15 is 0 Å². The molecule has 0 aliphatic rings. The van der Waals surface area contributed by atoms with Gasteiger partial charge in [-0.3, -0.25) is 9.59 Å². The van der Waals surface area contributed by atoms with Crippen molar-refractivity contribution in [2.45, 2.75) is 26.3 Å². The van der Waals surface area contributed by atoms with Gasteiger partial charge in [-0.2, -0.15) is 10.2 Å². The molecule has 3 aromatic carbocycles. The lowest BCUT2D eigenvalue weighted by atomic mass is 10.1. The molecule has 7 nitrogen and oxygen atoms in total. The lowest BCUT2D eigenvalue weighted by Gasteiger charge is -2.09. The van der Waals surface area contributed by atoms with Gasteiger partial charge in [-0.25, -0.2) is 10.1 Å². The smallest absolute Gasteiger partial charge is 0.292 e. The van der Waals surface area contributed by atoms with Crippen molar-refractivity contribution >= 4 is 33.8 Å². The Morgan fingerprint density at radius 1 is 0.971 bits per heavy atom. The van der Waals surface area contributed by atoms with Gasteiger partial charge in [0.25, 0.3) is 11.5 Å². The van der Waals surface area contributed by atoms with Crippen LogP contribution in [0.25, 0.3) is 32.9 Å². The molecule has 0 fully saturated rings. The molecule has 2 N–H and O–H groups in total. The molecule has 35 heavy (non-hydrogen) atoms. The van der Waals surface area contributed by atoms with Gasteiger partial charge in [0.2, 0.25) is 0 Å². The second-order valence-corrected chi connectivity index (χ2v) is 8.30. The van der Waals surface area contributed by atoms with Gasteiger partial charge in [-0.1, -0.05) is 80.1 Å². The van der Waals surface area contributed by atoms with E-state index in [-0.39, 0.29) is 11.3 Å². The van der Waals surface area contributed by atoms with E-state index in [1.165, 1.54) is 4.68 Å². The van der Waals surface area contributed by atoms with Gasteiger partial charge in [0.05, 0.1) is 17.3 Å². The number of aryl methyl sites for hydroxylation is 1. The molecule has 0 saturated heterocycles. The molecule has 0 unspecified atom stereocenters. The first-order chi connectivity index (χ1) is 17.2. The third-order valence-electron chi connectivity index (χ3n) is 5.97. The number of aromatic nitrogens is 3. The number of fused-ring (bicyclic) bond motifs is 2. The molecular formula is C28H25N5O2. The van der Waals surface area contributed by atoms with Gasteiger partial charge in [-0.05, 0) is 24.1 Å². The minimum atomic E-state index is -0.469. The SMILES string of the molecule is CCCCn1nc(C(=O)N/N=C/c2c(-c3ccccc3)[nH]c3ccccc23)c2ccccc2c1=O. The van der Waals surface area contributed by atoms with Gasteiger partial charge in [0.1, 0.15) is 0 Å². The Morgan fingerprint density at radius 3 is 2.43 bits per heavy atom. The molecule has 5 rings (SSSR count). The number of aromatic amines is 1. The van der Waals surface area contributed by atoms with Crippen LogP contribution in [0.15, 0.2) is 88.8 Å². The number of para-hydroxylation sites is 1. The van der Waals surface area contributed by atoms with Gasteiger partial charge in [-0.15, -0.1) is 0 Å². The number of unbranched alkanes of at least 4 members (excludes halogenated alkanes) is 1. The first kappa shape index (κ1) is 22.3. The van der Waals surface area contributed by atoms with E-state index in [1.807, 2.05) is 61.5 Å². The molecule has 0 spiro atoms. The normalized spacial score (nSPS) is 11.5. The van der Waals surface area contributed by atoms with E-state index < -0.39 is 5.91 Å². The van der Waals surface area contributed by atoms with E-state index in [9.17, 15) is 9.59 Å². The maximum absolute atomic E-state index is 13.1. The van der Waals surface area contributed by atoms with Crippen molar-refractivity contribution < 1.29 is 4.79 Å². The highest BCUT2D eigenvalue weighted by molar-refractivity contribution is 6.07. The Morgan fingerprint density at radius 2 is 1.66 bits per heavy atom. The molecule has 2 aromatic heterocycles. The van der Waals surface area contributed by atoms with Gasteiger partial charge < -0.3 is 4.98 Å². The Kier molecular flexibility index (Phi) is 6.22. The summed E-state index contributed by atoms with van der Waals surface area (Å²) in [6, 6.07) is 25.0. The molecule has 5 aromatic rings. The summed E-state index contributed by atoms with van der Waals surface area (Å²) < 4.78 is 1.37. The van der Waals surface area contributed by atoms with Gasteiger partial charge in [0.15, 0.2) is 5.69 Å². The predicted molar refractivity (Wildman–Crippen MR) is 140 cm³/mol. The standard InChI is InChI=1S/C28H25N5O2/c1-2-3-17-33-28(35)22-15-8-7-14-21(22)26(32-33)27(34)31-29-18-23-20-13-9-10-16-24(20)30-25(23)19-11-5-4-6-12-19/h4-16,18,30H,2-3,17H2,1H3,(H,31,34)/b29-18+. The summed E-state index contributed by atoms with van der Waals surface area (Å²) in [5.41, 5.74) is 6.39. The molecule has 0 radical (unpaired) electrons. The van der Waals surface area contributed by atoms with Crippen molar-refractivity contribution in [3.8, 4) is 11.3 Å². The van der Waals surface area contributed by atoms with Gasteiger partial charge >= 0.3 is 0 Å². The summed E-state index contributed by atoms with van der Waals surface area (Å²) >= 11 is 0. The number of hydrogen-bond donors (Lipinski definition) is 2. The quantitative estimate of drug-likeness (QED) is 0.260. The zero-order chi connectivity index (χ0) is 24.2. The lowest BCUT2D eigenvalue weighted by Crippen LogP contribution is -2.29. The average molecular weight is 464 g/mol. The number of carbonyl (C=O) groups excluding carboxylic acids is 1. The van der Waals surface area contributed by atoms with Crippen LogP contribution in [0.4, 0.5) is 0 Å². The number of hydrazone groups is 1. The zero-order valence-electron chi connectivity index (χ0n) is 19.4. The second kappa shape index (κ2) is 9.77. The first-order valence-corrected chi connectivity index (χ1v) is 11.7. The number of hydrogen-bond acceptors (Lipinski definition) is 4. The Labute approximate surface area is 202 Å². The number of amides is 1. The van der Waals surface area contributed by atoms with Crippen LogP contribution in [0.5, 0.6) is 0 Å². The van der Waals surface area contributed by atoms with Crippen molar-refractivity contribution in [1.29, 1.82) is 0 Å². The monoisotopic (exact) mass is 463 g/mol. The fourth-order valence-electron chi connectivity index (χ4n) is 4.20. The molecule has 0 atom stereocenters. The Balaban J connectivity index is 1.50. The number of carbonyl (C=O) groups is 1. The Hall–Kier alpha value is -4.52. The highest BCUT2D eigenvalue weighted by Crippen LogP contribution is 2.28. The zero-order valence-corrected chi connectivity index (χ0v) is 19.4. The topological polar surface area (TPSA) is 92.1 Å². The fourth-order valence-corrected chi connectivity index (χ4v) is 4.20. The summed E-state index contributed by atoms with van der Waals surface area (Å²) in [4.78, 5) is 29.4. The second-order valence-electron chi connectivity index (χ2n) is 8.30. The maximum atomic E-state index is 13.1. The average Bonchev–Trinajstić information content (AvgIpc) is 3.27. The third kappa shape index (κ3) is 4.36. The highest BCUT2D eigenvalue weighted by Gasteiger charge is 2.17. The number of nitrogens with one attached hydrogen (secondary N) is 2. The number of H-pyrrole nitrogens is 1. The predicted octanol–water partition coefficient (Wildman–Crippen LogP) is 5.11. The number of benzene rings is 3. The van der Waals surface area contributed by atoms with Crippen LogP contribution in [-0.2, 0) is 6.54 Å². The molecule has 0 saturated carbocycles. The van der Waals surface area contributed by atoms with E-state index in [0.717, 1.165) is 40.6 Å². The van der Waals surface area contributed by atoms with Crippen LogP contribution in [0.2, 0.25) is 0 Å². The number of nitrogens with zero attached hydrogens (tertiary/aromatic N) is 3. The molecule has 0 bridgehead atoms. The minimum absolute atomic E-state index is 0.177. The lowest BCUT2D eigenvalue weighted by molar-refractivity contribution is 0.0949. The highest BCUT2D eigenvalue weighted by atomic mass is 16.2. The molecule has 1 amide bonds. The summed E-state index contributed by atoms with van der Waals surface area (Å²) in [6.07, 6.45) is 3.36. The molecule has 7 heteroatoms. The molecule has 0 aliphatic heterocycles. The molecule has 2 heterocycles. The molecular weight excluding hydrogens is 438 g/mol. The van der Waals surface area contributed by atoms with Crippen molar-refractivity contribution in [2.75, 3.05) is 0 Å². The summed E-state index contributed by atoms with van der Waals surface area (Å²) in [7, 11) is 0. The fraction of sp³-hybridized carbons (Fsp3) is 0.143. The van der Waals surface area contributed by atoms with E-state index in [1.54, 1.807) is 30.5 Å². The van der Waals surface area contributed by atoms with Crippen LogP contribution < -0.4 is 11.0 Å². The van der Waals surface area contributed by atoms with Crippen LogP contribution in [0.1, 0.15) is 35.8 Å². The number of rotatable bonds is 7. The van der Waals surface area contributed by atoms with E-state index in [0.29, 0.717) is 17.3 Å². The summed E-state index contributed by atoms with van der Waals surface area (Å²) in [6.45, 7) is 2.50. The summed E-state index contributed by atoms with van der Waals surface area (Å²) in [5, 5.41) is 10.6. The largest absolute Gasteiger partial charge is 0.354 e. The van der Waals surface area contributed by atoms with Gasteiger partial charge in [0, 0.05) is 28.4 Å². The van der Waals surface area contributed by atoms with Crippen molar-refractivity contribution in [3.05, 3.63) is 100 Å². The van der Waals surface area contributed by atoms with E-state index in [4.69, 9.17) is 0 Å². The van der Waals surface area contributed by atoms with E-state index in [2.05, 4.69) is 20.6 Å². The minimum Gasteiger partial charge on any atom is -0.354 e. The van der Waals surface area contributed by atoms with Crippen LogP contribution in [0, 0.1) is 0 Å².